The van der Waals surface area contributed by atoms with Crippen LogP contribution in [0.3, 0.4) is 0 Å². The molecule has 0 spiro atoms. The summed E-state index contributed by atoms with van der Waals surface area (Å²) < 4.78 is 10.6. The summed E-state index contributed by atoms with van der Waals surface area (Å²) in [5.74, 6) is 0.593. The third-order valence-electron chi connectivity index (χ3n) is 3.58. The molecule has 1 aliphatic rings. The molecular formula is C14H20N4O2S. The molecule has 6 nitrogen and oxygen atoms in total. The van der Waals surface area contributed by atoms with E-state index in [1.807, 2.05) is 11.3 Å². The highest BCUT2D eigenvalue weighted by Crippen LogP contribution is 2.35. The predicted molar refractivity (Wildman–Crippen MR) is 81.5 cm³/mol. The molecular weight excluding hydrogens is 288 g/mol. The van der Waals surface area contributed by atoms with Crippen LogP contribution in [-0.2, 0) is 17.7 Å². The number of nitrogens with zero attached hydrogens (tertiary/aromatic N) is 2. The zero-order valence-electron chi connectivity index (χ0n) is 12.1. The summed E-state index contributed by atoms with van der Waals surface area (Å²) in [4.78, 5) is 1.47. The molecule has 2 N–H and O–H groups in total. The second kappa shape index (κ2) is 7.02. The van der Waals surface area contributed by atoms with Crippen molar-refractivity contribution in [1.82, 2.24) is 15.5 Å². The van der Waals surface area contributed by atoms with Gasteiger partial charge in [0.25, 0.3) is 0 Å². The first kappa shape index (κ1) is 14.5. The normalized spacial score (nSPS) is 17.7. The van der Waals surface area contributed by atoms with Gasteiger partial charge in [0.15, 0.2) is 0 Å². The lowest BCUT2D eigenvalue weighted by Crippen LogP contribution is -2.18. The molecule has 0 bridgehead atoms. The van der Waals surface area contributed by atoms with E-state index in [1.165, 1.54) is 23.3 Å². The lowest BCUT2D eigenvalue weighted by molar-refractivity contribution is 0.198. The fourth-order valence-electron chi connectivity index (χ4n) is 2.54. The van der Waals surface area contributed by atoms with E-state index in [0.29, 0.717) is 25.1 Å². The largest absolute Gasteiger partial charge is 0.407 e. The van der Waals surface area contributed by atoms with E-state index in [9.17, 15) is 0 Å². The monoisotopic (exact) mass is 308 g/mol. The van der Waals surface area contributed by atoms with Crippen molar-refractivity contribution in [3.05, 3.63) is 27.8 Å². The molecule has 0 aromatic carbocycles. The van der Waals surface area contributed by atoms with Crippen LogP contribution in [0.25, 0.3) is 0 Å². The Morgan fingerprint density at radius 2 is 2.43 bits per heavy atom. The number of ether oxygens (including phenoxy) is 1. The van der Waals surface area contributed by atoms with E-state index in [2.05, 4.69) is 32.3 Å². The van der Waals surface area contributed by atoms with Crippen molar-refractivity contribution in [1.29, 1.82) is 0 Å². The first-order valence-corrected chi connectivity index (χ1v) is 8.09. The van der Waals surface area contributed by atoms with Crippen LogP contribution in [0.4, 0.5) is 6.01 Å². The van der Waals surface area contributed by atoms with Crippen LogP contribution in [0.2, 0.25) is 0 Å². The van der Waals surface area contributed by atoms with Gasteiger partial charge in [0, 0.05) is 18.5 Å². The highest BCUT2D eigenvalue weighted by atomic mass is 32.1. The SMILES string of the molecule is COCCNCc1nnc(NC2CCCc3sccc32)o1. The lowest BCUT2D eigenvalue weighted by atomic mass is 9.94. The van der Waals surface area contributed by atoms with Crippen molar-refractivity contribution >= 4 is 17.4 Å². The van der Waals surface area contributed by atoms with Gasteiger partial charge in [-0.15, -0.1) is 16.4 Å². The van der Waals surface area contributed by atoms with E-state index in [4.69, 9.17) is 9.15 Å². The zero-order valence-corrected chi connectivity index (χ0v) is 12.9. The smallest absolute Gasteiger partial charge is 0.315 e. The molecule has 0 aliphatic heterocycles. The van der Waals surface area contributed by atoms with Gasteiger partial charge in [-0.25, -0.2) is 0 Å². The number of thiophene rings is 1. The Kier molecular flexibility index (Phi) is 4.84. The van der Waals surface area contributed by atoms with Crippen LogP contribution in [0.1, 0.15) is 35.2 Å². The maximum absolute atomic E-state index is 5.62. The van der Waals surface area contributed by atoms with E-state index in [-0.39, 0.29) is 6.04 Å². The maximum Gasteiger partial charge on any atom is 0.315 e. The van der Waals surface area contributed by atoms with Crippen molar-refractivity contribution in [3.8, 4) is 0 Å². The van der Waals surface area contributed by atoms with E-state index < -0.39 is 0 Å². The fourth-order valence-corrected chi connectivity index (χ4v) is 3.53. The van der Waals surface area contributed by atoms with Gasteiger partial charge >= 0.3 is 6.01 Å². The minimum Gasteiger partial charge on any atom is -0.407 e. The van der Waals surface area contributed by atoms with Gasteiger partial charge in [-0.05, 0) is 36.3 Å². The van der Waals surface area contributed by atoms with Crippen molar-refractivity contribution in [2.75, 3.05) is 25.6 Å². The third-order valence-corrected chi connectivity index (χ3v) is 4.57. The highest BCUT2D eigenvalue weighted by Gasteiger charge is 2.22. The second-order valence-electron chi connectivity index (χ2n) is 5.06. The van der Waals surface area contributed by atoms with Gasteiger partial charge in [-0.2, -0.15) is 0 Å². The Morgan fingerprint density at radius 3 is 3.33 bits per heavy atom. The standard InChI is InChI=1S/C14H20N4O2S/c1-19-7-6-15-9-13-17-18-14(20-13)16-11-3-2-4-12-10(11)5-8-21-12/h5,8,11,15H,2-4,6-7,9H2,1H3,(H,16,18). The van der Waals surface area contributed by atoms with Gasteiger partial charge in [-0.1, -0.05) is 5.10 Å². The molecule has 1 unspecified atom stereocenters. The fraction of sp³-hybridized carbons (Fsp3) is 0.571. The van der Waals surface area contributed by atoms with Crippen LogP contribution in [0.5, 0.6) is 0 Å². The molecule has 0 saturated heterocycles. The van der Waals surface area contributed by atoms with Crippen LogP contribution < -0.4 is 10.6 Å². The molecule has 2 aromatic rings. The average molecular weight is 308 g/mol. The molecule has 0 saturated carbocycles. The summed E-state index contributed by atoms with van der Waals surface area (Å²) in [7, 11) is 1.68. The summed E-state index contributed by atoms with van der Waals surface area (Å²) in [6.45, 7) is 2.00. The molecule has 2 heterocycles. The van der Waals surface area contributed by atoms with E-state index in [0.717, 1.165) is 13.0 Å². The summed E-state index contributed by atoms with van der Waals surface area (Å²) in [6, 6.07) is 2.98. The molecule has 1 aliphatic carbocycles. The number of aryl methyl sites for hydroxylation is 1. The first-order valence-electron chi connectivity index (χ1n) is 7.21. The average Bonchev–Trinajstić information content (AvgIpc) is 3.13. The number of hydrogen-bond donors (Lipinski definition) is 2. The summed E-state index contributed by atoms with van der Waals surface area (Å²) >= 11 is 1.83. The Morgan fingerprint density at radius 1 is 1.48 bits per heavy atom. The zero-order chi connectivity index (χ0) is 14.5. The third kappa shape index (κ3) is 3.61. The molecule has 7 heteroatoms. The summed E-state index contributed by atoms with van der Waals surface area (Å²) in [5, 5.41) is 16.8. The topological polar surface area (TPSA) is 72.2 Å². The number of hydrogen-bond acceptors (Lipinski definition) is 7. The Bertz CT molecular complexity index is 569. The van der Waals surface area contributed by atoms with Gasteiger partial charge < -0.3 is 19.8 Å². The summed E-state index contributed by atoms with van der Waals surface area (Å²) in [6.07, 6.45) is 3.49. The van der Waals surface area contributed by atoms with Gasteiger partial charge in [-0.3, -0.25) is 0 Å². The van der Waals surface area contributed by atoms with Crippen LogP contribution in [0, 0.1) is 0 Å². The summed E-state index contributed by atoms with van der Waals surface area (Å²) in [5.41, 5.74) is 1.38. The van der Waals surface area contributed by atoms with Crippen molar-refractivity contribution in [2.45, 2.75) is 31.8 Å². The number of rotatable bonds is 7. The lowest BCUT2D eigenvalue weighted by Gasteiger charge is -2.22. The molecule has 3 rings (SSSR count). The van der Waals surface area contributed by atoms with Crippen LogP contribution in [0.15, 0.2) is 15.9 Å². The second-order valence-corrected chi connectivity index (χ2v) is 6.06. The molecule has 0 radical (unpaired) electrons. The number of anilines is 1. The van der Waals surface area contributed by atoms with Gasteiger partial charge in [0.2, 0.25) is 5.89 Å². The molecule has 114 valence electrons. The van der Waals surface area contributed by atoms with E-state index in [1.54, 1.807) is 7.11 Å². The minimum absolute atomic E-state index is 0.287. The Hall–Kier alpha value is -1.44. The maximum atomic E-state index is 5.62. The first-order chi connectivity index (χ1) is 10.4. The number of fused-ring (bicyclic) bond motifs is 1. The number of aromatic nitrogens is 2. The molecule has 1 atom stereocenters. The minimum atomic E-state index is 0.287. The highest BCUT2D eigenvalue weighted by molar-refractivity contribution is 7.10. The Labute approximate surface area is 127 Å². The van der Waals surface area contributed by atoms with Crippen LogP contribution >= 0.6 is 11.3 Å². The molecule has 21 heavy (non-hydrogen) atoms. The Balaban J connectivity index is 1.56. The van der Waals surface area contributed by atoms with Crippen molar-refractivity contribution in [3.63, 3.8) is 0 Å². The van der Waals surface area contributed by atoms with Gasteiger partial charge in [0.1, 0.15) is 0 Å². The molecule has 0 amide bonds. The molecule has 2 aromatic heterocycles. The number of nitrogens with one attached hydrogen (secondary N) is 2. The van der Waals surface area contributed by atoms with Gasteiger partial charge in [0.05, 0.1) is 19.2 Å². The molecule has 0 fully saturated rings. The van der Waals surface area contributed by atoms with E-state index >= 15 is 0 Å². The number of methoxy groups -OCH3 is 1. The van der Waals surface area contributed by atoms with Crippen molar-refractivity contribution < 1.29 is 9.15 Å². The van der Waals surface area contributed by atoms with Crippen LogP contribution in [-0.4, -0.2) is 30.5 Å². The predicted octanol–water partition coefficient (Wildman–Crippen LogP) is 2.36. The van der Waals surface area contributed by atoms with Crippen molar-refractivity contribution in [2.24, 2.45) is 0 Å². The quantitative estimate of drug-likeness (QED) is 0.765.